The lowest BCUT2D eigenvalue weighted by atomic mass is 9.99. The summed E-state index contributed by atoms with van der Waals surface area (Å²) in [5.41, 5.74) is 7.77. The second-order valence-electron chi connectivity index (χ2n) is 4.15. The molecule has 1 atom stereocenters. The fourth-order valence-corrected chi connectivity index (χ4v) is 2.44. The summed E-state index contributed by atoms with van der Waals surface area (Å²) in [6.45, 7) is 2.48. The molecule has 1 unspecified atom stereocenters. The first-order valence-electron chi connectivity index (χ1n) is 6.05. The first kappa shape index (κ1) is 14.0. The zero-order valence-electron chi connectivity index (χ0n) is 10.6. The highest BCUT2D eigenvalue weighted by Crippen LogP contribution is 2.30. The van der Waals surface area contributed by atoms with Crippen molar-refractivity contribution in [3.63, 3.8) is 0 Å². The van der Waals surface area contributed by atoms with Crippen molar-refractivity contribution in [1.29, 1.82) is 0 Å². The van der Waals surface area contributed by atoms with E-state index in [4.69, 9.17) is 10.5 Å². The summed E-state index contributed by atoms with van der Waals surface area (Å²) in [6.07, 6.45) is 0. The predicted molar refractivity (Wildman–Crippen MR) is 77.7 cm³/mol. The highest BCUT2D eigenvalue weighted by molar-refractivity contribution is 9.10. The third-order valence-corrected chi connectivity index (χ3v) is 3.26. The van der Waals surface area contributed by atoms with Crippen LogP contribution in [0.25, 0.3) is 0 Å². The number of benzene rings is 2. The maximum atomic E-state index is 13.4. The first-order valence-corrected chi connectivity index (χ1v) is 6.84. The quantitative estimate of drug-likeness (QED) is 0.921. The van der Waals surface area contributed by atoms with Crippen LogP contribution in [0.2, 0.25) is 0 Å². The van der Waals surface area contributed by atoms with Crippen LogP contribution in [0.3, 0.4) is 0 Å². The van der Waals surface area contributed by atoms with Crippen LogP contribution >= 0.6 is 15.9 Å². The number of halogens is 2. The Morgan fingerprint density at radius 2 is 2.00 bits per heavy atom. The molecule has 0 aliphatic carbocycles. The van der Waals surface area contributed by atoms with Gasteiger partial charge in [0, 0.05) is 10.0 Å². The van der Waals surface area contributed by atoms with Crippen molar-refractivity contribution in [2.75, 3.05) is 6.61 Å². The van der Waals surface area contributed by atoms with Crippen LogP contribution in [0.1, 0.15) is 24.1 Å². The van der Waals surface area contributed by atoms with Gasteiger partial charge in [0.1, 0.15) is 11.6 Å². The molecule has 0 fully saturated rings. The van der Waals surface area contributed by atoms with E-state index in [1.165, 1.54) is 12.1 Å². The fourth-order valence-electron chi connectivity index (χ4n) is 1.96. The second-order valence-corrected chi connectivity index (χ2v) is 5.07. The van der Waals surface area contributed by atoms with E-state index in [1.807, 2.05) is 37.3 Å². The smallest absolute Gasteiger partial charge is 0.124 e. The van der Waals surface area contributed by atoms with Crippen LogP contribution in [0, 0.1) is 5.82 Å². The van der Waals surface area contributed by atoms with E-state index in [1.54, 1.807) is 0 Å². The maximum Gasteiger partial charge on any atom is 0.124 e. The molecule has 2 aromatic rings. The SMILES string of the molecule is CCOc1ccccc1C(N)c1cc(F)cc(Br)c1. The van der Waals surface area contributed by atoms with Crippen molar-refractivity contribution in [3.05, 3.63) is 63.9 Å². The molecule has 0 spiro atoms. The van der Waals surface area contributed by atoms with Gasteiger partial charge in [-0.25, -0.2) is 4.39 Å². The molecule has 2 N–H and O–H groups in total. The van der Waals surface area contributed by atoms with Crippen LogP contribution in [-0.2, 0) is 0 Å². The van der Waals surface area contributed by atoms with Gasteiger partial charge >= 0.3 is 0 Å². The van der Waals surface area contributed by atoms with Crippen molar-refractivity contribution < 1.29 is 9.13 Å². The molecule has 2 nitrogen and oxygen atoms in total. The van der Waals surface area contributed by atoms with Gasteiger partial charge in [0.05, 0.1) is 12.6 Å². The summed E-state index contributed by atoms with van der Waals surface area (Å²) in [7, 11) is 0. The molecule has 0 bridgehead atoms. The average molecular weight is 324 g/mol. The summed E-state index contributed by atoms with van der Waals surface area (Å²) in [6, 6.07) is 11.8. The van der Waals surface area contributed by atoms with Gasteiger partial charge in [-0.2, -0.15) is 0 Å². The molecule has 4 heteroatoms. The fraction of sp³-hybridized carbons (Fsp3) is 0.200. The number of para-hydroxylation sites is 1. The standard InChI is InChI=1S/C15H15BrFNO/c1-2-19-14-6-4-3-5-13(14)15(18)10-7-11(16)9-12(17)8-10/h3-9,15H,2,18H2,1H3. The summed E-state index contributed by atoms with van der Waals surface area (Å²) in [5.74, 6) is 0.423. The monoisotopic (exact) mass is 323 g/mol. The summed E-state index contributed by atoms with van der Waals surface area (Å²) < 4.78 is 19.7. The van der Waals surface area contributed by atoms with E-state index < -0.39 is 6.04 Å². The predicted octanol–water partition coefficient (Wildman–Crippen LogP) is 4.04. The van der Waals surface area contributed by atoms with Crippen molar-refractivity contribution in [3.8, 4) is 5.75 Å². The zero-order chi connectivity index (χ0) is 13.8. The van der Waals surface area contributed by atoms with Gasteiger partial charge < -0.3 is 10.5 Å². The Bertz CT molecular complexity index is 554. The van der Waals surface area contributed by atoms with Crippen LogP contribution in [0.5, 0.6) is 5.75 Å². The molecular weight excluding hydrogens is 309 g/mol. The molecule has 0 heterocycles. The van der Waals surface area contributed by atoms with Crippen LogP contribution in [0.4, 0.5) is 4.39 Å². The Morgan fingerprint density at radius 3 is 2.68 bits per heavy atom. The number of rotatable bonds is 4. The lowest BCUT2D eigenvalue weighted by Crippen LogP contribution is -2.13. The van der Waals surface area contributed by atoms with Crippen molar-refractivity contribution in [1.82, 2.24) is 0 Å². The second kappa shape index (κ2) is 6.17. The van der Waals surface area contributed by atoms with E-state index in [2.05, 4.69) is 15.9 Å². The Labute approximate surface area is 120 Å². The molecule has 0 radical (unpaired) electrons. The highest BCUT2D eigenvalue weighted by atomic mass is 79.9. The van der Waals surface area contributed by atoms with Crippen molar-refractivity contribution >= 4 is 15.9 Å². The Balaban J connectivity index is 2.40. The zero-order valence-corrected chi connectivity index (χ0v) is 12.2. The van der Waals surface area contributed by atoms with Gasteiger partial charge in [-0.3, -0.25) is 0 Å². The van der Waals surface area contributed by atoms with E-state index in [0.717, 1.165) is 11.3 Å². The lowest BCUT2D eigenvalue weighted by Gasteiger charge is -2.17. The van der Waals surface area contributed by atoms with Gasteiger partial charge in [-0.05, 0) is 36.8 Å². The van der Waals surface area contributed by atoms with Gasteiger partial charge in [0.2, 0.25) is 0 Å². The summed E-state index contributed by atoms with van der Waals surface area (Å²) in [5, 5.41) is 0. The van der Waals surface area contributed by atoms with Crippen LogP contribution < -0.4 is 10.5 Å². The minimum Gasteiger partial charge on any atom is -0.494 e. The summed E-state index contributed by atoms with van der Waals surface area (Å²) >= 11 is 3.28. The van der Waals surface area contributed by atoms with Crippen LogP contribution in [-0.4, -0.2) is 6.61 Å². The van der Waals surface area contributed by atoms with Crippen molar-refractivity contribution in [2.45, 2.75) is 13.0 Å². The molecule has 100 valence electrons. The summed E-state index contributed by atoms with van der Waals surface area (Å²) in [4.78, 5) is 0. The molecule has 2 rings (SSSR count). The van der Waals surface area contributed by atoms with E-state index in [-0.39, 0.29) is 5.82 Å². The van der Waals surface area contributed by atoms with Gasteiger partial charge in [0.25, 0.3) is 0 Å². The molecule has 0 amide bonds. The number of nitrogens with two attached hydrogens (primary N) is 1. The first-order chi connectivity index (χ1) is 9.11. The minimum absolute atomic E-state index is 0.311. The van der Waals surface area contributed by atoms with Gasteiger partial charge in [-0.15, -0.1) is 0 Å². The van der Waals surface area contributed by atoms with E-state index in [9.17, 15) is 4.39 Å². The minimum atomic E-state index is -0.422. The molecule has 2 aromatic carbocycles. The Morgan fingerprint density at radius 1 is 1.26 bits per heavy atom. The Kier molecular flexibility index (Phi) is 4.56. The molecule has 0 aromatic heterocycles. The third kappa shape index (κ3) is 3.33. The van der Waals surface area contributed by atoms with E-state index >= 15 is 0 Å². The number of ether oxygens (including phenoxy) is 1. The topological polar surface area (TPSA) is 35.2 Å². The van der Waals surface area contributed by atoms with Crippen molar-refractivity contribution in [2.24, 2.45) is 5.73 Å². The highest BCUT2D eigenvalue weighted by Gasteiger charge is 2.15. The molecule has 0 aliphatic heterocycles. The normalized spacial score (nSPS) is 12.2. The Hall–Kier alpha value is -1.39. The lowest BCUT2D eigenvalue weighted by molar-refractivity contribution is 0.335. The molecule has 0 saturated carbocycles. The van der Waals surface area contributed by atoms with Crippen LogP contribution in [0.15, 0.2) is 46.9 Å². The third-order valence-electron chi connectivity index (χ3n) is 2.80. The number of hydrogen-bond donors (Lipinski definition) is 1. The largest absolute Gasteiger partial charge is 0.494 e. The van der Waals surface area contributed by atoms with Gasteiger partial charge in [0.15, 0.2) is 0 Å². The van der Waals surface area contributed by atoms with Gasteiger partial charge in [-0.1, -0.05) is 34.1 Å². The molecular formula is C15H15BrFNO. The maximum absolute atomic E-state index is 13.4. The number of hydrogen-bond acceptors (Lipinski definition) is 2. The van der Waals surface area contributed by atoms with E-state index in [0.29, 0.717) is 16.6 Å². The molecule has 0 aliphatic rings. The average Bonchev–Trinajstić information content (AvgIpc) is 2.38. The molecule has 19 heavy (non-hydrogen) atoms. The molecule has 0 saturated heterocycles.